The van der Waals surface area contributed by atoms with E-state index in [0.717, 1.165) is 28.7 Å². The van der Waals surface area contributed by atoms with Crippen LogP contribution < -0.4 is 14.4 Å². The lowest BCUT2D eigenvalue weighted by atomic mass is 10.0. The van der Waals surface area contributed by atoms with Crippen LogP contribution in [0.3, 0.4) is 0 Å². The van der Waals surface area contributed by atoms with E-state index in [1.165, 1.54) is 4.31 Å². The second-order valence-corrected chi connectivity index (χ2v) is 9.38. The largest absolute Gasteiger partial charge is 0.496 e. The third-order valence-electron chi connectivity index (χ3n) is 5.16. The molecule has 0 saturated heterocycles. The molecule has 0 heterocycles. The molecule has 0 radical (unpaired) electrons. The van der Waals surface area contributed by atoms with Crippen molar-refractivity contribution in [2.45, 2.75) is 52.6 Å². The van der Waals surface area contributed by atoms with Gasteiger partial charge in [0, 0.05) is 0 Å². The fourth-order valence-electron chi connectivity index (χ4n) is 3.56. The van der Waals surface area contributed by atoms with Crippen LogP contribution in [0.25, 0.3) is 0 Å². The molecule has 30 heavy (non-hydrogen) atoms. The number of carbonyl (C=O) groups excluding carboxylic acids is 1. The van der Waals surface area contributed by atoms with Gasteiger partial charge in [-0.3, -0.25) is 9.10 Å². The number of methoxy groups -OCH3 is 1. The predicted octanol–water partition coefficient (Wildman–Crippen LogP) is 4.12. The van der Waals surface area contributed by atoms with Gasteiger partial charge in [0.1, 0.15) is 11.8 Å². The molecule has 0 aliphatic carbocycles. The molecule has 2 aromatic rings. The van der Waals surface area contributed by atoms with Gasteiger partial charge in [0.05, 0.1) is 25.1 Å². The summed E-state index contributed by atoms with van der Waals surface area (Å²) in [6, 6.07) is 11.9. The number of nitrogens with one attached hydrogen (secondary N) is 1. The van der Waals surface area contributed by atoms with Crippen LogP contribution in [-0.4, -0.2) is 33.7 Å². The highest BCUT2D eigenvalue weighted by atomic mass is 32.2. The van der Waals surface area contributed by atoms with Crippen LogP contribution in [0.4, 0.5) is 5.69 Å². The number of hydrogen-bond donors (Lipinski definition) is 1. The topological polar surface area (TPSA) is 75.7 Å². The zero-order valence-corrected chi connectivity index (χ0v) is 19.4. The first kappa shape index (κ1) is 23.7. The second-order valence-electron chi connectivity index (χ2n) is 7.52. The van der Waals surface area contributed by atoms with E-state index in [2.05, 4.69) is 5.32 Å². The zero-order valence-electron chi connectivity index (χ0n) is 18.6. The van der Waals surface area contributed by atoms with Crippen molar-refractivity contribution in [2.75, 3.05) is 17.7 Å². The van der Waals surface area contributed by atoms with Crippen LogP contribution in [0.1, 0.15) is 49.4 Å². The molecule has 0 aromatic heterocycles. The van der Waals surface area contributed by atoms with Crippen molar-refractivity contribution in [2.24, 2.45) is 0 Å². The number of carbonyl (C=O) groups is 1. The molecule has 2 aromatic carbocycles. The summed E-state index contributed by atoms with van der Waals surface area (Å²) in [5, 5.41) is 3.05. The SMILES string of the molecule is CC[C@H](NC(=O)[C@@H](CC)N(c1ccc(C)cc1)S(C)(=O)=O)c1ccc(OC)c(C)c1. The molecule has 0 saturated carbocycles. The number of nitrogens with zero attached hydrogens (tertiary/aromatic N) is 1. The molecule has 7 heteroatoms. The number of hydrogen-bond acceptors (Lipinski definition) is 4. The third kappa shape index (κ3) is 5.53. The monoisotopic (exact) mass is 432 g/mol. The van der Waals surface area contributed by atoms with Gasteiger partial charge in [0.25, 0.3) is 0 Å². The normalized spacial score (nSPS) is 13.4. The second kappa shape index (κ2) is 9.98. The molecule has 0 aliphatic rings. The average Bonchev–Trinajstić information content (AvgIpc) is 2.70. The van der Waals surface area contributed by atoms with Crippen molar-refractivity contribution in [1.29, 1.82) is 0 Å². The molecular weight excluding hydrogens is 400 g/mol. The number of rotatable bonds is 9. The van der Waals surface area contributed by atoms with E-state index in [4.69, 9.17) is 4.74 Å². The molecule has 0 unspecified atom stereocenters. The van der Waals surface area contributed by atoms with Crippen LogP contribution in [0.5, 0.6) is 5.75 Å². The predicted molar refractivity (Wildman–Crippen MR) is 121 cm³/mol. The number of anilines is 1. The van der Waals surface area contributed by atoms with Gasteiger partial charge in [-0.15, -0.1) is 0 Å². The first-order chi connectivity index (χ1) is 14.1. The van der Waals surface area contributed by atoms with Gasteiger partial charge >= 0.3 is 0 Å². The number of ether oxygens (including phenoxy) is 1. The Morgan fingerprint density at radius 1 is 1.07 bits per heavy atom. The van der Waals surface area contributed by atoms with Gasteiger partial charge in [0.2, 0.25) is 15.9 Å². The number of sulfonamides is 1. The molecule has 0 aliphatic heterocycles. The maximum Gasteiger partial charge on any atom is 0.244 e. The molecule has 1 amide bonds. The van der Waals surface area contributed by atoms with Crippen LogP contribution >= 0.6 is 0 Å². The lowest BCUT2D eigenvalue weighted by Gasteiger charge is -2.31. The Balaban J connectivity index is 2.34. The van der Waals surface area contributed by atoms with Crippen molar-refractivity contribution in [3.8, 4) is 5.75 Å². The first-order valence-corrected chi connectivity index (χ1v) is 12.0. The minimum atomic E-state index is -3.65. The highest BCUT2D eigenvalue weighted by Crippen LogP contribution is 2.26. The van der Waals surface area contributed by atoms with Crippen molar-refractivity contribution in [3.63, 3.8) is 0 Å². The third-order valence-corrected chi connectivity index (χ3v) is 6.34. The molecular formula is C23H32N2O4S. The smallest absolute Gasteiger partial charge is 0.244 e. The molecule has 6 nitrogen and oxygen atoms in total. The Kier molecular flexibility index (Phi) is 7.89. The molecule has 0 bridgehead atoms. The summed E-state index contributed by atoms with van der Waals surface area (Å²) in [5.41, 5.74) is 3.44. The summed E-state index contributed by atoms with van der Waals surface area (Å²) >= 11 is 0. The van der Waals surface area contributed by atoms with Gasteiger partial charge < -0.3 is 10.1 Å². The highest BCUT2D eigenvalue weighted by molar-refractivity contribution is 7.92. The first-order valence-electron chi connectivity index (χ1n) is 10.1. The van der Waals surface area contributed by atoms with Crippen LogP contribution in [0.2, 0.25) is 0 Å². The Bertz CT molecular complexity index is 971. The number of aryl methyl sites for hydroxylation is 2. The van der Waals surface area contributed by atoms with Gasteiger partial charge in [0.15, 0.2) is 0 Å². The average molecular weight is 433 g/mol. The lowest BCUT2D eigenvalue weighted by Crippen LogP contribution is -2.50. The standard InChI is InChI=1S/C23H32N2O4S/c1-7-20(18-11-14-22(29-5)17(4)15-18)24-23(26)21(8-2)25(30(6,27)28)19-12-9-16(3)10-13-19/h9-15,20-21H,7-8H2,1-6H3,(H,24,26)/t20-,21+/m0/s1. The lowest BCUT2D eigenvalue weighted by molar-refractivity contribution is -0.123. The van der Waals surface area contributed by atoms with Crippen molar-refractivity contribution >= 4 is 21.6 Å². The zero-order chi connectivity index (χ0) is 22.5. The fraction of sp³-hybridized carbons (Fsp3) is 0.435. The summed E-state index contributed by atoms with van der Waals surface area (Å²) in [7, 11) is -2.03. The molecule has 2 atom stereocenters. The minimum Gasteiger partial charge on any atom is -0.496 e. The van der Waals surface area contributed by atoms with Crippen molar-refractivity contribution in [3.05, 3.63) is 59.2 Å². The summed E-state index contributed by atoms with van der Waals surface area (Å²) in [4.78, 5) is 13.2. The van der Waals surface area contributed by atoms with E-state index < -0.39 is 16.1 Å². The molecule has 0 spiro atoms. The molecule has 164 valence electrons. The highest BCUT2D eigenvalue weighted by Gasteiger charge is 2.32. The maximum absolute atomic E-state index is 13.2. The quantitative estimate of drug-likeness (QED) is 0.647. The summed E-state index contributed by atoms with van der Waals surface area (Å²) < 4.78 is 31.7. The van der Waals surface area contributed by atoms with E-state index in [-0.39, 0.29) is 11.9 Å². The van der Waals surface area contributed by atoms with Crippen LogP contribution in [0.15, 0.2) is 42.5 Å². The van der Waals surface area contributed by atoms with Crippen LogP contribution in [0, 0.1) is 13.8 Å². The summed E-state index contributed by atoms with van der Waals surface area (Å²) in [6.45, 7) is 7.69. The van der Waals surface area contributed by atoms with E-state index in [9.17, 15) is 13.2 Å². The van der Waals surface area contributed by atoms with Crippen molar-refractivity contribution < 1.29 is 17.9 Å². The number of benzene rings is 2. The van der Waals surface area contributed by atoms with E-state index >= 15 is 0 Å². The van der Waals surface area contributed by atoms with Crippen LogP contribution in [-0.2, 0) is 14.8 Å². The maximum atomic E-state index is 13.2. The van der Waals surface area contributed by atoms with E-state index in [1.54, 1.807) is 19.2 Å². The molecule has 1 N–H and O–H groups in total. The minimum absolute atomic E-state index is 0.226. The summed E-state index contributed by atoms with van der Waals surface area (Å²) in [5.74, 6) is 0.470. The fourth-order valence-corrected chi connectivity index (χ4v) is 4.77. The Morgan fingerprint density at radius 3 is 2.17 bits per heavy atom. The van der Waals surface area contributed by atoms with Gasteiger partial charge in [-0.05, 0) is 56.0 Å². The van der Waals surface area contributed by atoms with Gasteiger partial charge in [-0.1, -0.05) is 43.7 Å². The number of amides is 1. The summed E-state index contributed by atoms with van der Waals surface area (Å²) in [6.07, 6.45) is 2.16. The molecule has 0 fully saturated rings. The Morgan fingerprint density at radius 2 is 1.70 bits per heavy atom. The van der Waals surface area contributed by atoms with Gasteiger partial charge in [-0.25, -0.2) is 8.42 Å². The Hall–Kier alpha value is -2.54. The van der Waals surface area contributed by atoms with Crippen molar-refractivity contribution in [1.82, 2.24) is 5.32 Å². The molecule has 2 rings (SSSR count). The van der Waals surface area contributed by atoms with E-state index in [1.807, 2.05) is 58.0 Å². The van der Waals surface area contributed by atoms with Gasteiger partial charge in [-0.2, -0.15) is 0 Å². The van der Waals surface area contributed by atoms with E-state index in [0.29, 0.717) is 18.5 Å². The Labute approximate surface area is 180 Å².